The van der Waals surface area contributed by atoms with Gasteiger partial charge in [0.25, 0.3) is 5.69 Å². The summed E-state index contributed by atoms with van der Waals surface area (Å²) >= 11 is 0. The van der Waals surface area contributed by atoms with Gasteiger partial charge in [-0.15, -0.1) is 6.58 Å². The molecule has 0 saturated carbocycles. The van der Waals surface area contributed by atoms with Crippen LogP contribution in [0.15, 0.2) is 30.9 Å². The molecule has 0 aliphatic rings. The molecule has 14 heavy (non-hydrogen) atoms. The van der Waals surface area contributed by atoms with Crippen molar-refractivity contribution in [2.24, 2.45) is 5.73 Å². The lowest BCUT2D eigenvalue weighted by atomic mass is 10.1. The molecule has 1 rings (SSSR count). The van der Waals surface area contributed by atoms with Crippen molar-refractivity contribution in [2.45, 2.75) is 6.04 Å². The van der Waals surface area contributed by atoms with E-state index < -0.39 is 16.8 Å². The van der Waals surface area contributed by atoms with Crippen LogP contribution in [0.1, 0.15) is 11.6 Å². The number of rotatable bonds is 3. The van der Waals surface area contributed by atoms with Gasteiger partial charge < -0.3 is 5.73 Å². The zero-order valence-electron chi connectivity index (χ0n) is 7.31. The van der Waals surface area contributed by atoms with Crippen LogP contribution >= 0.6 is 0 Å². The van der Waals surface area contributed by atoms with Gasteiger partial charge in [-0.3, -0.25) is 10.1 Å². The molecular weight excluding hydrogens is 187 g/mol. The van der Waals surface area contributed by atoms with Gasteiger partial charge in [-0.2, -0.15) is 0 Å². The summed E-state index contributed by atoms with van der Waals surface area (Å²) in [5.41, 5.74) is 5.40. The van der Waals surface area contributed by atoms with Crippen molar-refractivity contribution < 1.29 is 9.31 Å². The minimum absolute atomic E-state index is 0.200. The fourth-order valence-electron chi connectivity index (χ4n) is 1.03. The first-order valence-corrected chi connectivity index (χ1v) is 3.88. The summed E-state index contributed by atoms with van der Waals surface area (Å²) in [7, 11) is 0. The van der Waals surface area contributed by atoms with Gasteiger partial charge in [0, 0.05) is 11.6 Å². The Hall–Kier alpha value is -1.75. The highest BCUT2D eigenvalue weighted by atomic mass is 19.1. The first-order chi connectivity index (χ1) is 6.56. The number of non-ortho nitro benzene ring substituents is 1. The molecule has 0 amide bonds. The maximum atomic E-state index is 13.2. The van der Waals surface area contributed by atoms with Crippen molar-refractivity contribution in [3.8, 4) is 0 Å². The Bertz CT molecular complexity index is 379. The van der Waals surface area contributed by atoms with Crippen molar-refractivity contribution in [1.82, 2.24) is 0 Å². The Kier molecular flexibility index (Phi) is 2.93. The van der Waals surface area contributed by atoms with Crippen LogP contribution < -0.4 is 5.73 Å². The second kappa shape index (κ2) is 3.97. The average molecular weight is 196 g/mol. The smallest absolute Gasteiger partial charge is 0.272 e. The van der Waals surface area contributed by atoms with E-state index in [1.54, 1.807) is 0 Å². The van der Waals surface area contributed by atoms with Crippen molar-refractivity contribution in [3.05, 3.63) is 52.3 Å². The molecule has 1 unspecified atom stereocenters. The van der Waals surface area contributed by atoms with Gasteiger partial charge in [0.15, 0.2) is 0 Å². The zero-order valence-corrected chi connectivity index (χ0v) is 7.31. The van der Waals surface area contributed by atoms with Gasteiger partial charge in [0.2, 0.25) is 0 Å². The van der Waals surface area contributed by atoms with Gasteiger partial charge in [-0.05, 0) is 6.07 Å². The van der Waals surface area contributed by atoms with Gasteiger partial charge in [-0.1, -0.05) is 6.08 Å². The maximum Gasteiger partial charge on any atom is 0.272 e. The molecule has 0 bridgehead atoms. The Balaban J connectivity index is 3.13. The first-order valence-electron chi connectivity index (χ1n) is 3.88. The summed E-state index contributed by atoms with van der Waals surface area (Å²) in [6, 6.07) is 2.70. The summed E-state index contributed by atoms with van der Waals surface area (Å²) < 4.78 is 13.2. The molecule has 0 aliphatic carbocycles. The first kappa shape index (κ1) is 10.3. The Morgan fingerprint density at radius 3 is 2.71 bits per heavy atom. The average Bonchev–Trinajstić information content (AvgIpc) is 2.16. The molecule has 0 aromatic heterocycles. The predicted octanol–water partition coefficient (Wildman–Crippen LogP) is 1.92. The van der Waals surface area contributed by atoms with E-state index >= 15 is 0 Å². The SMILES string of the molecule is C=CC(N)c1ccc([N+](=O)[O-])cc1F. The summed E-state index contributed by atoms with van der Waals surface area (Å²) in [6.45, 7) is 3.41. The van der Waals surface area contributed by atoms with Crippen LogP contribution in [-0.2, 0) is 0 Å². The molecule has 0 heterocycles. The molecule has 1 aromatic carbocycles. The third kappa shape index (κ3) is 1.94. The number of nitrogens with zero attached hydrogens (tertiary/aromatic N) is 1. The highest BCUT2D eigenvalue weighted by Gasteiger charge is 2.13. The monoisotopic (exact) mass is 196 g/mol. The van der Waals surface area contributed by atoms with Gasteiger partial charge in [0.1, 0.15) is 5.82 Å². The topological polar surface area (TPSA) is 69.2 Å². The number of halogens is 1. The van der Waals surface area contributed by atoms with Crippen LogP contribution in [0.4, 0.5) is 10.1 Å². The van der Waals surface area contributed by atoms with E-state index in [-0.39, 0.29) is 11.3 Å². The second-order valence-electron chi connectivity index (χ2n) is 2.72. The van der Waals surface area contributed by atoms with E-state index in [1.807, 2.05) is 0 Å². The number of nitro groups is 1. The number of nitro benzene ring substituents is 1. The van der Waals surface area contributed by atoms with Crippen molar-refractivity contribution in [1.29, 1.82) is 0 Å². The fraction of sp³-hybridized carbons (Fsp3) is 0.111. The fourth-order valence-corrected chi connectivity index (χ4v) is 1.03. The van der Waals surface area contributed by atoms with Gasteiger partial charge in [-0.25, -0.2) is 4.39 Å². The molecule has 74 valence electrons. The lowest BCUT2D eigenvalue weighted by Gasteiger charge is -2.06. The van der Waals surface area contributed by atoms with E-state index in [2.05, 4.69) is 6.58 Å². The Morgan fingerprint density at radius 1 is 1.64 bits per heavy atom. The zero-order chi connectivity index (χ0) is 10.7. The van der Waals surface area contributed by atoms with E-state index in [0.717, 1.165) is 6.07 Å². The Morgan fingerprint density at radius 2 is 2.29 bits per heavy atom. The van der Waals surface area contributed by atoms with Crippen LogP contribution in [0.25, 0.3) is 0 Å². The van der Waals surface area contributed by atoms with E-state index in [0.29, 0.717) is 0 Å². The second-order valence-corrected chi connectivity index (χ2v) is 2.72. The number of nitrogens with two attached hydrogens (primary N) is 1. The molecule has 1 aromatic rings. The van der Waals surface area contributed by atoms with Crippen molar-refractivity contribution in [2.75, 3.05) is 0 Å². The minimum atomic E-state index is -0.688. The number of hydrogen-bond donors (Lipinski definition) is 1. The van der Waals surface area contributed by atoms with Gasteiger partial charge >= 0.3 is 0 Å². The third-order valence-corrected chi connectivity index (χ3v) is 1.81. The molecule has 0 radical (unpaired) electrons. The molecule has 0 fully saturated rings. The summed E-state index contributed by atoms with van der Waals surface area (Å²) in [5.74, 6) is -0.688. The molecule has 0 saturated heterocycles. The standard InChI is InChI=1S/C9H9FN2O2/c1-2-9(11)7-4-3-6(12(13)14)5-8(7)10/h2-5,9H,1,11H2. The predicted molar refractivity (Wildman–Crippen MR) is 50.2 cm³/mol. The van der Waals surface area contributed by atoms with Crippen LogP contribution in [0.3, 0.4) is 0 Å². The highest BCUT2D eigenvalue weighted by molar-refractivity contribution is 5.36. The molecule has 1 atom stereocenters. The lowest BCUT2D eigenvalue weighted by Crippen LogP contribution is -2.08. The quantitative estimate of drug-likeness (QED) is 0.456. The van der Waals surface area contributed by atoms with Gasteiger partial charge in [0.05, 0.1) is 17.0 Å². The van der Waals surface area contributed by atoms with Crippen LogP contribution in [0, 0.1) is 15.9 Å². The minimum Gasteiger partial charge on any atom is -0.321 e. The maximum absolute atomic E-state index is 13.2. The summed E-state index contributed by atoms with van der Waals surface area (Å²) in [4.78, 5) is 9.63. The number of benzene rings is 1. The summed E-state index contributed by atoms with van der Waals surface area (Å²) in [6.07, 6.45) is 1.37. The molecule has 5 heteroatoms. The van der Waals surface area contributed by atoms with E-state index in [9.17, 15) is 14.5 Å². The third-order valence-electron chi connectivity index (χ3n) is 1.81. The van der Waals surface area contributed by atoms with Crippen molar-refractivity contribution >= 4 is 5.69 Å². The van der Waals surface area contributed by atoms with Crippen LogP contribution in [0.5, 0.6) is 0 Å². The largest absolute Gasteiger partial charge is 0.321 e. The lowest BCUT2D eigenvalue weighted by molar-refractivity contribution is -0.385. The van der Waals surface area contributed by atoms with Crippen molar-refractivity contribution in [3.63, 3.8) is 0 Å². The van der Waals surface area contributed by atoms with Crippen LogP contribution in [0.2, 0.25) is 0 Å². The number of hydrogen-bond acceptors (Lipinski definition) is 3. The molecule has 2 N–H and O–H groups in total. The Labute approximate surface area is 80.0 Å². The molecular formula is C9H9FN2O2. The van der Waals surface area contributed by atoms with E-state index in [4.69, 9.17) is 5.73 Å². The molecule has 0 spiro atoms. The summed E-state index contributed by atoms with van der Waals surface area (Å²) in [5, 5.41) is 10.3. The highest BCUT2D eigenvalue weighted by Crippen LogP contribution is 2.20. The molecule has 4 nitrogen and oxygen atoms in total. The van der Waals surface area contributed by atoms with Crippen LogP contribution in [-0.4, -0.2) is 4.92 Å². The molecule has 0 aliphatic heterocycles. The van der Waals surface area contributed by atoms with E-state index in [1.165, 1.54) is 18.2 Å². The normalized spacial score (nSPS) is 12.1.